The SMILES string of the molecule is COc1ccc2c(c1)nc(OC)n2-c1cnc(NC(=O)c2cnccc2C)cn1. The van der Waals surface area contributed by atoms with Crippen molar-refractivity contribution < 1.29 is 14.3 Å². The van der Waals surface area contributed by atoms with Crippen molar-refractivity contribution in [1.29, 1.82) is 0 Å². The van der Waals surface area contributed by atoms with Gasteiger partial charge in [0.15, 0.2) is 11.6 Å². The van der Waals surface area contributed by atoms with Crippen LogP contribution < -0.4 is 14.8 Å². The molecule has 146 valence electrons. The van der Waals surface area contributed by atoms with Crippen molar-refractivity contribution in [2.45, 2.75) is 6.92 Å². The van der Waals surface area contributed by atoms with E-state index in [1.165, 1.54) is 19.5 Å². The molecule has 0 aliphatic rings. The topological polar surface area (TPSA) is 104 Å². The number of ether oxygens (including phenoxy) is 2. The fraction of sp³-hybridized carbons (Fsp3) is 0.150. The Bertz CT molecular complexity index is 1190. The van der Waals surface area contributed by atoms with Crippen LogP contribution in [0.3, 0.4) is 0 Å². The van der Waals surface area contributed by atoms with E-state index in [2.05, 4.69) is 25.3 Å². The molecule has 1 amide bonds. The highest BCUT2D eigenvalue weighted by atomic mass is 16.5. The summed E-state index contributed by atoms with van der Waals surface area (Å²) >= 11 is 0. The summed E-state index contributed by atoms with van der Waals surface area (Å²) in [6.07, 6.45) is 6.18. The van der Waals surface area contributed by atoms with Crippen LogP contribution in [0.5, 0.6) is 11.8 Å². The third kappa shape index (κ3) is 3.45. The first-order valence-corrected chi connectivity index (χ1v) is 8.75. The minimum atomic E-state index is -0.296. The number of anilines is 1. The molecule has 29 heavy (non-hydrogen) atoms. The van der Waals surface area contributed by atoms with Gasteiger partial charge in [0, 0.05) is 18.5 Å². The van der Waals surface area contributed by atoms with E-state index in [0.29, 0.717) is 34.5 Å². The van der Waals surface area contributed by atoms with Crippen LogP contribution in [0.2, 0.25) is 0 Å². The van der Waals surface area contributed by atoms with E-state index in [4.69, 9.17) is 9.47 Å². The molecule has 0 spiro atoms. The number of aromatic nitrogens is 5. The first kappa shape index (κ1) is 18.4. The van der Waals surface area contributed by atoms with Crippen molar-refractivity contribution in [2.24, 2.45) is 0 Å². The molecule has 1 aromatic carbocycles. The normalized spacial score (nSPS) is 10.7. The van der Waals surface area contributed by atoms with E-state index in [-0.39, 0.29) is 5.91 Å². The highest BCUT2D eigenvalue weighted by Crippen LogP contribution is 2.27. The highest BCUT2D eigenvalue weighted by Gasteiger charge is 2.16. The molecule has 9 heteroatoms. The number of methoxy groups -OCH3 is 2. The number of carbonyl (C=O) groups is 1. The third-order valence-corrected chi connectivity index (χ3v) is 4.41. The number of hydrogen-bond donors (Lipinski definition) is 1. The van der Waals surface area contributed by atoms with Crippen molar-refractivity contribution in [1.82, 2.24) is 24.5 Å². The van der Waals surface area contributed by atoms with Gasteiger partial charge in [-0.15, -0.1) is 0 Å². The number of nitrogens with one attached hydrogen (secondary N) is 1. The van der Waals surface area contributed by atoms with Gasteiger partial charge in [-0.25, -0.2) is 14.5 Å². The fourth-order valence-electron chi connectivity index (χ4n) is 2.91. The van der Waals surface area contributed by atoms with Gasteiger partial charge in [-0.05, 0) is 30.7 Å². The molecular weight excluding hydrogens is 372 g/mol. The second-order valence-electron chi connectivity index (χ2n) is 6.19. The molecule has 9 nitrogen and oxygen atoms in total. The number of aryl methyl sites for hydroxylation is 1. The zero-order chi connectivity index (χ0) is 20.4. The van der Waals surface area contributed by atoms with Crippen LogP contribution in [0.1, 0.15) is 15.9 Å². The van der Waals surface area contributed by atoms with E-state index in [9.17, 15) is 4.79 Å². The molecule has 4 aromatic rings. The second kappa shape index (κ2) is 7.55. The van der Waals surface area contributed by atoms with E-state index in [1.807, 2.05) is 25.1 Å². The number of imidazole rings is 1. The molecule has 0 aliphatic heterocycles. The molecule has 3 heterocycles. The van der Waals surface area contributed by atoms with Gasteiger partial charge < -0.3 is 14.8 Å². The van der Waals surface area contributed by atoms with Gasteiger partial charge in [0.1, 0.15) is 5.75 Å². The van der Waals surface area contributed by atoms with Crippen molar-refractivity contribution in [2.75, 3.05) is 19.5 Å². The molecule has 1 N–H and O–H groups in total. The maximum Gasteiger partial charge on any atom is 0.303 e. The minimum absolute atomic E-state index is 0.296. The Hall–Kier alpha value is -4.01. The van der Waals surface area contributed by atoms with E-state index in [0.717, 1.165) is 11.1 Å². The maximum absolute atomic E-state index is 12.4. The fourth-order valence-corrected chi connectivity index (χ4v) is 2.91. The van der Waals surface area contributed by atoms with E-state index < -0.39 is 0 Å². The van der Waals surface area contributed by atoms with Crippen LogP contribution in [0.15, 0.2) is 49.1 Å². The summed E-state index contributed by atoms with van der Waals surface area (Å²) in [5.74, 6) is 1.23. The summed E-state index contributed by atoms with van der Waals surface area (Å²) in [7, 11) is 3.13. The van der Waals surface area contributed by atoms with Crippen LogP contribution in [-0.2, 0) is 0 Å². The van der Waals surface area contributed by atoms with Gasteiger partial charge >= 0.3 is 6.01 Å². The summed E-state index contributed by atoms with van der Waals surface area (Å²) in [5.41, 5.74) is 2.80. The van der Waals surface area contributed by atoms with Crippen molar-refractivity contribution in [3.63, 3.8) is 0 Å². The van der Waals surface area contributed by atoms with Crippen LogP contribution in [0.4, 0.5) is 5.82 Å². The van der Waals surface area contributed by atoms with Crippen LogP contribution in [-0.4, -0.2) is 44.6 Å². The molecule has 0 atom stereocenters. The number of nitrogens with zero attached hydrogens (tertiary/aromatic N) is 5. The van der Waals surface area contributed by atoms with Crippen LogP contribution in [0.25, 0.3) is 16.9 Å². The molecular formula is C20H18N6O3. The minimum Gasteiger partial charge on any atom is -0.497 e. The van der Waals surface area contributed by atoms with E-state index >= 15 is 0 Å². The Balaban J connectivity index is 1.64. The number of pyridine rings is 1. The van der Waals surface area contributed by atoms with Gasteiger partial charge in [-0.2, -0.15) is 4.98 Å². The molecule has 0 aliphatic carbocycles. The average Bonchev–Trinajstić information content (AvgIpc) is 3.12. The van der Waals surface area contributed by atoms with Crippen molar-refractivity contribution in [3.05, 3.63) is 60.2 Å². The number of hydrogen-bond acceptors (Lipinski definition) is 7. The first-order valence-electron chi connectivity index (χ1n) is 8.75. The molecule has 0 saturated heterocycles. The maximum atomic E-state index is 12.4. The monoisotopic (exact) mass is 390 g/mol. The van der Waals surface area contributed by atoms with Gasteiger partial charge in [0.05, 0.1) is 43.2 Å². The lowest BCUT2D eigenvalue weighted by atomic mass is 10.1. The molecule has 0 radical (unpaired) electrons. The zero-order valence-corrected chi connectivity index (χ0v) is 16.1. The Morgan fingerprint density at radius 1 is 1.07 bits per heavy atom. The second-order valence-corrected chi connectivity index (χ2v) is 6.19. The molecule has 0 unspecified atom stereocenters. The number of benzene rings is 1. The first-order chi connectivity index (χ1) is 14.1. The van der Waals surface area contributed by atoms with E-state index in [1.54, 1.807) is 30.1 Å². The lowest BCUT2D eigenvalue weighted by Crippen LogP contribution is -2.15. The highest BCUT2D eigenvalue weighted by molar-refractivity contribution is 6.04. The summed E-state index contributed by atoms with van der Waals surface area (Å²) in [4.78, 5) is 29.6. The summed E-state index contributed by atoms with van der Waals surface area (Å²) in [6.45, 7) is 1.84. The third-order valence-electron chi connectivity index (χ3n) is 4.41. The smallest absolute Gasteiger partial charge is 0.303 e. The number of carbonyl (C=O) groups excluding carboxylic acids is 1. The van der Waals surface area contributed by atoms with Crippen molar-refractivity contribution >= 4 is 22.8 Å². The molecule has 4 rings (SSSR count). The van der Waals surface area contributed by atoms with Crippen molar-refractivity contribution in [3.8, 4) is 17.6 Å². The van der Waals surface area contributed by atoms with Gasteiger partial charge in [0.25, 0.3) is 5.91 Å². The van der Waals surface area contributed by atoms with Crippen LogP contribution in [0, 0.1) is 6.92 Å². The molecule has 0 bridgehead atoms. The Morgan fingerprint density at radius 3 is 2.62 bits per heavy atom. The largest absolute Gasteiger partial charge is 0.497 e. The Labute approximate surface area is 166 Å². The average molecular weight is 390 g/mol. The Morgan fingerprint density at radius 2 is 1.93 bits per heavy atom. The summed E-state index contributed by atoms with van der Waals surface area (Å²) < 4.78 is 12.4. The van der Waals surface area contributed by atoms with Gasteiger partial charge in [-0.3, -0.25) is 9.78 Å². The van der Waals surface area contributed by atoms with Gasteiger partial charge in [-0.1, -0.05) is 0 Å². The number of rotatable bonds is 5. The summed E-state index contributed by atoms with van der Waals surface area (Å²) in [5, 5.41) is 2.73. The molecule has 3 aromatic heterocycles. The number of amides is 1. The predicted molar refractivity (Wildman–Crippen MR) is 107 cm³/mol. The quantitative estimate of drug-likeness (QED) is 0.559. The van der Waals surface area contributed by atoms with Gasteiger partial charge in [0.2, 0.25) is 0 Å². The van der Waals surface area contributed by atoms with Crippen LogP contribution >= 0.6 is 0 Å². The molecule has 0 fully saturated rings. The zero-order valence-electron chi connectivity index (χ0n) is 16.1. The number of fused-ring (bicyclic) bond motifs is 1. The lowest BCUT2D eigenvalue weighted by Gasteiger charge is -2.09. The molecule has 0 saturated carbocycles. The summed E-state index contributed by atoms with van der Waals surface area (Å²) in [6, 6.07) is 7.65. The Kier molecular flexibility index (Phi) is 4.78. The lowest BCUT2D eigenvalue weighted by molar-refractivity contribution is 0.102. The predicted octanol–water partition coefficient (Wildman–Crippen LogP) is 2.79. The standard InChI is InChI=1S/C20H18N6O3/c1-12-6-7-21-9-14(12)19(27)25-17-10-23-18(11-22-17)26-16-5-4-13(28-2)8-15(16)24-20(26)29-3/h4-11H,1-3H3,(H,22,25,27).